The van der Waals surface area contributed by atoms with Crippen LogP contribution in [0.3, 0.4) is 0 Å². The molecule has 0 amide bonds. The first-order valence-electron chi connectivity index (χ1n) is 28.6. The van der Waals surface area contributed by atoms with Gasteiger partial charge in [-0.3, -0.25) is 14.2 Å². The fraction of sp³-hybridized carbons (Fsp3) is 0.962. The SMILES string of the molecule is CCCCCCCCCCCCCCCC(=O)OC[C@H](COP(=O)([O-])O[C@@H]1[C@H](O)[C@H](O)[C@@H](O)[C@H](O)[C@H]1O[C@H]1O[C@H](CO)[C@@H](O)[C@H](O)[C@@H]1N)OC(=O)CCCCCCCCCCCCCCC.CC[NH+](CC)CC. The molecule has 2 rings (SSSR count). The second-order valence-corrected chi connectivity index (χ2v) is 21.6. The summed E-state index contributed by atoms with van der Waals surface area (Å²) in [7, 11) is -5.58. The maximum atomic E-state index is 13.3. The van der Waals surface area contributed by atoms with Crippen molar-refractivity contribution in [2.75, 3.05) is 39.5 Å². The van der Waals surface area contributed by atoms with Crippen LogP contribution in [0, 0.1) is 0 Å². The zero-order chi connectivity index (χ0) is 54.4. The number of quaternary nitrogens is 1. The van der Waals surface area contributed by atoms with Crippen molar-refractivity contribution in [1.29, 1.82) is 0 Å². The van der Waals surface area contributed by atoms with E-state index in [1.165, 1.54) is 122 Å². The van der Waals surface area contributed by atoms with E-state index in [-0.39, 0.29) is 12.8 Å². The van der Waals surface area contributed by atoms with Crippen molar-refractivity contribution in [2.45, 2.75) is 288 Å². The lowest BCUT2D eigenvalue weighted by Gasteiger charge is -2.48. The number of hydrogen-bond acceptors (Lipinski definition) is 18. The Labute approximate surface area is 439 Å². The van der Waals surface area contributed by atoms with E-state index >= 15 is 0 Å². The summed E-state index contributed by atoms with van der Waals surface area (Å²) >= 11 is 0. The number of esters is 2. The van der Waals surface area contributed by atoms with Crippen LogP contribution in [0.4, 0.5) is 0 Å². The number of carbonyl (C=O) groups excluding carboxylic acids is 2. The van der Waals surface area contributed by atoms with Crippen molar-refractivity contribution in [3.63, 3.8) is 0 Å². The summed E-state index contributed by atoms with van der Waals surface area (Å²) in [6, 6.07) is -1.53. The topological polar surface area (TPSA) is 302 Å². The van der Waals surface area contributed by atoms with Crippen molar-refractivity contribution >= 4 is 19.8 Å². The molecule has 0 bridgehead atoms. The number of phosphoric acid groups is 1. The molecule has 0 spiro atoms. The van der Waals surface area contributed by atoms with Crippen molar-refractivity contribution in [3.8, 4) is 0 Å². The number of hydrogen-bond donors (Lipinski definition) is 9. The largest absolute Gasteiger partial charge is 0.756 e. The molecule has 1 saturated heterocycles. The molecule has 2 fully saturated rings. The number of aliphatic hydroxyl groups excluding tert-OH is 7. The van der Waals surface area contributed by atoms with Gasteiger partial charge in [-0.15, -0.1) is 0 Å². The zero-order valence-corrected chi connectivity index (χ0v) is 46.6. The van der Waals surface area contributed by atoms with Crippen molar-refractivity contribution in [2.24, 2.45) is 5.73 Å². The van der Waals surface area contributed by atoms with Gasteiger partial charge < -0.3 is 79.3 Å². The fourth-order valence-electron chi connectivity index (χ4n) is 9.14. The third kappa shape index (κ3) is 30.4. The summed E-state index contributed by atoms with van der Waals surface area (Å²) in [6.45, 7) is 12.7. The molecule has 1 aliphatic heterocycles. The number of ether oxygens (including phenoxy) is 4. The highest BCUT2D eigenvalue weighted by atomic mass is 31.2. The highest BCUT2D eigenvalue weighted by Gasteiger charge is 2.54. The summed E-state index contributed by atoms with van der Waals surface area (Å²) in [5.74, 6) is -1.22. The summed E-state index contributed by atoms with van der Waals surface area (Å²) in [5, 5.41) is 72.6. The Morgan fingerprint density at radius 1 is 0.562 bits per heavy atom. The second kappa shape index (κ2) is 42.6. The Kier molecular flexibility index (Phi) is 40.6. The molecule has 73 heavy (non-hydrogen) atoms. The molecule has 20 heteroatoms. The number of unbranched alkanes of at least 4 members (excludes halogenated alkanes) is 24. The number of rotatable bonds is 42. The third-order valence-corrected chi connectivity index (χ3v) is 15.1. The summed E-state index contributed by atoms with van der Waals surface area (Å²) in [5.41, 5.74) is 5.94. The first-order chi connectivity index (χ1) is 35.0. The number of aliphatic hydroxyl groups is 7. The minimum atomic E-state index is -5.58. The maximum Gasteiger partial charge on any atom is 0.306 e. The van der Waals surface area contributed by atoms with Crippen LogP contribution >= 0.6 is 7.82 Å². The van der Waals surface area contributed by atoms with E-state index in [1.807, 2.05) is 0 Å². The fourth-order valence-corrected chi connectivity index (χ4v) is 10.1. The third-order valence-electron chi connectivity index (χ3n) is 14.1. The van der Waals surface area contributed by atoms with E-state index in [1.54, 1.807) is 4.90 Å². The first kappa shape index (κ1) is 69.6. The van der Waals surface area contributed by atoms with E-state index in [9.17, 15) is 54.8 Å². The molecule has 19 nitrogen and oxygen atoms in total. The van der Waals surface area contributed by atoms with Gasteiger partial charge in [-0.1, -0.05) is 168 Å². The predicted molar refractivity (Wildman–Crippen MR) is 277 cm³/mol. The normalized spacial score (nSPS) is 26.5. The molecular weight excluding hydrogens is 968 g/mol. The molecule has 0 aromatic rings. The van der Waals surface area contributed by atoms with E-state index in [0.717, 1.165) is 51.4 Å². The van der Waals surface area contributed by atoms with E-state index in [0.29, 0.717) is 12.8 Å². The highest BCUT2D eigenvalue weighted by molar-refractivity contribution is 7.45. The van der Waals surface area contributed by atoms with E-state index in [2.05, 4.69) is 34.6 Å². The Bertz CT molecular complexity index is 1400. The van der Waals surface area contributed by atoms with Gasteiger partial charge >= 0.3 is 11.9 Å². The van der Waals surface area contributed by atoms with Gasteiger partial charge in [0.05, 0.1) is 38.9 Å². The molecule has 0 aromatic heterocycles. The lowest BCUT2D eigenvalue weighted by Crippen LogP contribution is -3.11. The second-order valence-electron chi connectivity index (χ2n) is 20.3. The van der Waals surface area contributed by atoms with Crippen molar-refractivity contribution < 1.29 is 87.7 Å². The quantitative estimate of drug-likeness (QED) is 0.0225. The first-order valence-corrected chi connectivity index (χ1v) is 30.1. The van der Waals surface area contributed by atoms with Gasteiger partial charge in [0.25, 0.3) is 7.82 Å². The summed E-state index contributed by atoms with van der Waals surface area (Å²) in [4.78, 5) is 40.6. The van der Waals surface area contributed by atoms with Crippen molar-refractivity contribution in [3.05, 3.63) is 0 Å². The van der Waals surface area contributed by atoms with E-state index < -0.39 is 113 Å². The molecule has 13 atom stereocenters. The average molecular weight is 1070 g/mol. The van der Waals surface area contributed by atoms with Crippen LogP contribution in [0.25, 0.3) is 0 Å². The van der Waals surface area contributed by atoms with Crippen LogP contribution in [0.15, 0.2) is 0 Å². The van der Waals surface area contributed by atoms with Gasteiger partial charge in [-0.05, 0) is 33.6 Å². The van der Waals surface area contributed by atoms with Gasteiger partial charge in [0, 0.05) is 12.8 Å². The van der Waals surface area contributed by atoms with Crippen LogP contribution in [-0.2, 0) is 42.1 Å². The molecule has 0 radical (unpaired) electrons. The van der Waals surface area contributed by atoms with Crippen LogP contribution in [0.5, 0.6) is 0 Å². The molecule has 0 aromatic carbocycles. The smallest absolute Gasteiger partial charge is 0.306 e. The molecule has 434 valence electrons. The zero-order valence-electron chi connectivity index (χ0n) is 45.7. The monoisotopic (exact) mass is 1070 g/mol. The van der Waals surface area contributed by atoms with Gasteiger partial charge in [0.1, 0.15) is 61.5 Å². The molecule has 10 N–H and O–H groups in total. The van der Waals surface area contributed by atoms with E-state index in [4.69, 9.17) is 33.7 Å². The highest BCUT2D eigenvalue weighted by Crippen LogP contribution is 2.44. The number of carbonyl (C=O) groups is 2. The van der Waals surface area contributed by atoms with Crippen LogP contribution in [-0.4, -0.2) is 161 Å². The molecular formula is C53H105N2O17P. The van der Waals surface area contributed by atoms with Gasteiger partial charge in [0.2, 0.25) is 0 Å². The number of nitrogens with two attached hydrogens (primary N) is 1. The van der Waals surface area contributed by atoms with Crippen molar-refractivity contribution in [1.82, 2.24) is 0 Å². The molecule has 1 saturated carbocycles. The number of phosphoric ester groups is 1. The minimum absolute atomic E-state index is 0.0341. The van der Waals surface area contributed by atoms with Crippen LogP contribution < -0.4 is 15.5 Å². The van der Waals surface area contributed by atoms with Crippen LogP contribution in [0.2, 0.25) is 0 Å². The summed E-state index contributed by atoms with van der Waals surface area (Å²) in [6.07, 6.45) is 8.83. The standard InChI is InChI=1S/C47H90NO17P.C6H15N/c1-3-5-7-9-11-13-15-17-19-21-23-25-27-29-36(50)60-32-34(62-37(51)30-28-26-24-22-20-18-16-14-12-10-8-6-4-2)33-61-66(58,59)65-46-44(57)42(55)41(54)43(56)45(46)64-47-38(48)40(53)39(52)35(31-49)63-47;1-4-7(5-2)6-3/h34-35,38-47,49,52-57H,3-33,48H2,1-2H3,(H,58,59);4-6H2,1-3H3/t34-,35-,38+,39-,40-,41-,42-,43+,44-,45-,46-,47-;/m1./s1. The maximum absolute atomic E-state index is 13.3. The van der Waals surface area contributed by atoms with Gasteiger partial charge in [-0.2, -0.15) is 0 Å². The Morgan fingerprint density at radius 3 is 1.36 bits per heavy atom. The Balaban J connectivity index is 0.00000353. The number of nitrogens with one attached hydrogen (secondary N) is 1. The lowest BCUT2D eigenvalue weighted by atomic mass is 9.84. The van der Waals surface area contributed by atoms with Gasteiger partial charge in [-0.25, -0.2) is 0 Å². The average Bonchev–Trinajstić information content (AvgIpc) is 3.37. The van der Waals surface area contributed by atoms with Gasteiger partial charge in [0.15, 0.2) is 12.4 Å². The minimum Gasteiger partial charge on any atom is -0.756 e. The Morgan fingerprint density at radius 2 is 0.959 bits per heavy atom. The molecule has 2 aliphatic rings. The lowest BCUT2D eigenvalue weighted by molar-refractivity contribution is -0.894. The molecule has 1 unspecified atom stereocenters. The Hall–Kier alpha value is -1.39. The molecule has 1 heterocycles. The predicted octanol–water partition coefficient (Wildman–Crippen LogP) is 4.81. The van der Waals surface area contributed by atoms with Crippen LogP contribution in [0.1, 0.15) is 214 Å². The summed E-state index contributed by atoms with van der Waals surface area (Å²) < 4.78 is 45.4. The molecule has 1 aliphatic carbocycles.